The van der Waals surface area contributed by atoms with Crippen LogP contribution in [0.3, 0.4) is 0 Å². The molecule has 0 atom stereocenters. The van der Waals surface area contributed by atoms with Crippen LogP contribution in [0, 0.1) is 11.6 Å². The predicted molar refractivity (Wildman–Crippen MR) is 97.8 cm³/mol. The van der Waals surface area contributed by atoms with Crippen LogP contribution in [0.1, 0.15) is 5.56 Å². The van der Waals surface area contributed by atoms with E-state index in [9.17, 15) is 13.6 Å². The summed E-state index contributed by atoms with van der Waals surface area (Å²) >= 11 is 1.42. The number of thioether (sulfide) groups is 1. The van der Waals surface area contributed by atoms with Gasteiger partial charge in [-0.25, -0.2) is 8.78 Å². The zero-order valence-corrected chi connectivity index (χ0v) is 14.6. The molecule has 6 heteroatoms. The molecule has 25 heavy (non-hydrogen) atoms. The SMILES string of the molecule is O=C(CSCc1ccccc1F)N1CCN(c2ccccc2F)CC1. The number of para-hydroxylation sites is 1. The van der Waals surface area contributed by atoms with Crippen molar-refractivity contribution in [2.75, 3.05) is 36.8 Å². The Morgan fingerprint density at radius 1 is 0.920 bits per heavy atom. The van der Waals surface area contributed by atoms with Gasteiger partial charge in [0.15, 0.2) is 0 Å². The fraction of sp³-hybridized carbons (Fsp3) is 0.316. The summed E-state index contributed by atoms with van der Waals surface area (Å²) in [5.41, 5.74) is 1.20. The fourth-order valence-electron chi connectivity index (χ4n) is 2.86. The first kappa shape index (κ1) is 17.7. The number of piperazine rings is 1. The number of rotatable bonds is 5. The van der Waals surface area contributed by atoms with Crippen LogP contribution in [0.15, 0.2) is 48.5 Å². The van der Waals surface area contributed by atoms with Crippen LogP contribution in [0.25, 0.3) is 0 Å². The summed E-state index contributed by atoms with van der Waals surface area (Å²) in [5, 5.41) is 0. The third-order valence-corrected chi connectivity index (χ3v) is 5.23. The van der Waals surface area contributed by atoms with E-state index in [2.05, 4.69) is 0 Å². The summed E-state index contributed by atoms with van der Waals surface area (Å²) in [7, 11) is 0. The van der Waals surface area contributed by atoms with E-state index in [1.807, 2.05) is 11.0 Å². The van der Waals surface area contributed by atoms with Gasteiger partial charge in [0.05, 0.1) is 11.4 Å². The topological polar surface area (TPSA) is 23.6 Å². The highest BCUT2D eigenvalue weighted by atomic mass is 32.2. The van der Waals surface area contributed by atoms with Crippen molar-refractivity contribution in [2.24, 2.45) is 0 Å². The van der Waals surface area contributed by atoms with Crippen LogP contribution in [0.4, 0.5) is 14.5 Å². The first-order valence-electron chi connectivity index (χ1n) is 8.23. The van der Waals surface area contributed by atoms with E-state index in [-0.39, 0.29) is 17.5 Å². The normalized spacial score (nSPS) is 14.6. The van der Waals surface area contributed by atoms with Gasteiger partial charge in [-0.15, -0.1) is 11.8 Å². The van der Waals surface area contributed by atoms with Crippen molar-refractivity contribution in [3.05, 3.63) is 65.7 Å². The lowest BCUT2D eigenvalue weighted by atomic mass is 10.2. The monoisotopic (exact) mass is 362 g/mol. The Bertz CT molecular complexity index is 733. The van der Waals surface area contributed by atoms with Crippen LogP contribution in [-0.2, 0) is 10.5 Å². The molecule has 0 aliphatic carbocycles. The smallest absolute Gasteiger partial charge is 0.232 e. The number of carbonyl (C=O) groups excluding carboxylic acids is 1. The van der Waals surface area contributed by atoms with Gasteiger partial charge in [0, 0.05) is 31.9 Å². The lowest BCUT2D eigenvalue weighted by molar-refractivity contribution is -0.128. The molecule has 0 saturated carbocycles. The first-order valence-corrected chi connectivity index (χ1v) is 9.39. The second kappa shape index (κ2) is 8.34. The highest BCUT2D eigenvalue weighted by Crippen LogP contribution is 2.21. The molecule has 0 unspecified atom stereocenters. The number of hydrogen-bond acceptors (Lipinski definition) is 3. The van der Waals surface area contributed by atoms with Crippen LogP contribution in [0.2, 0.25) is 0 Å². The molecule has 1 amide bonds. The summed E-state index contributed by atoms with van der Waals surface area (Å²) in [5.74, 6) is 0.389. The molecule has 3 rings (SSSR count). The Morgan fingerprint density at radius 2 is 1.56 bits per heavy atom. The van der Waals surface area contributed by atoms with Gasteiger partial charge < -0.3 is 9.80 Å². The van der Waals surface area contributed by atoms with Gasteiger partial charge in [-0.1, -0.05) is 30.3 Å². The lowest BCUT2D eigenvalue weighted by Gasteiger charge is -2.36. The molecule has 132 valence electrons. The van der Waals surface area contributed by atoms with E-state index in [0.29, 0.717) is 48.9 Å². The van der Waals surface area contributed by atoms with Crippen molar-refractivity contribution in [1.29, 1.82) is 0 Å². The van der Waals surface area contributed by atoms with Crippen LogP contribution >= 0.6 is 11.8 Å². The second-order valence-corrected chi connectivity index (χ2v) is 6.89. The van der Waals surface area contributed by atoms with Gasteiger partial charge >= 0.3 is 0 Å². The number of amides is 1. The van der Waals surface area contributed by atoms with Gasteiger partial charge in [-0.2, -0.15) is 0 Å². The molecule has 0 aromatic heterocycles. The molecule has 2 aromatic rings. The number of nitrogens with zero attached hydrogens (tertiary/aromatic N) is 2. The highest BCUT2D eigenvalue weighted by Gasteiger charge is 2.22. The Balaban J connectivity index is 1.46. The van der Waals surface area contributed by atoms with Crippen molar-refractivity contribution in [1.82, 2.24) is 4.90 Å². The largest absolute Gasteiger partial charge is 0.366 e. The second-order valence-electron chi connectivity index (χ2n) is 5.90. The zero-order valence-electron chi connectivity index (χ0n) is 13.8. The Morgan fingerprint density at radius 3 is 2.24 bits per heavy atom. The summed E-state index contributed by atoms with van der Waals surface area (Å²) in [6.45, 7) is 2.39. The maximum absolute atomic E-state index is 13.8. The number of carbonyl (C=O) groups is 1. The number of anilines is 1. The van der Waals surface area contributed by atoms with Crippen LogP contribution in [-0.4, -0.2) is 42.7 Å². The summed E-state index contributed by atoms with van der Waals surface area (Å²) < 4.78 is 27.4. The van der Waals surface area contributed by atoms with Crippen LogP contribution < -0.4 is 4.90 Å². The molecule has 1 aliphatic heterocycles. The predicted octanol–water partition coefficient (Wildman–Crippen LogP) is 3.55. The molecule has 1 heterocycles. The van der Waals surface area contributed by atoms with Gasteiger partial charge in [-0.3, -0.25) is 4.79 Å². The van der Waals surface area contributed by atoms with E-state index in [1.165, 1.54) is 23.9 Å². The Kier molecular flexibility index (Phi) is 5.91. The average Bonchev–Trinajstić information content (AvgIpc) is 2.64. The molecule has 0 spiro atoms. The standard InChI is InChI=1S/C19H20F2N2OS/c20-16-6-2-1-5-15(16)13-25-14-19(24)23-11-9-22(10-12-23)18-8-4-3-7-17(18)21/h1-8H,9-14H2. The molecule has 0 bridgehead atoms. The number of halogens is 2. The molecule has 3 nitrogen and oxygen atoms in total. The van der Waals surface area contributed by atoms with E-state index < -0.39 is 0 Å². The van der Waals surface area contributed by atoms with Gasteiger partial charge in [0.1, 0.15) is 11.6 Å². The maximum Gasteiger partial charge on any atom is 0.232 e. The number of benzene rings is 2. The van der Waals surface area contributed by atoms with Gasteiger partial charge in [0.2, 0.25) is 5.91 Å². The molecule has 0 radical (unpaired) electrons. The molecule has 2 aromatic carbocycles. The van der Waals surface area contributed by atoms with Crippen molar-refractivity contribution in [3.8, 4) is 0 Å². The third-order valence-electron chi connectivity index (χ3n) is 4.27. The third kappa shape index (κ3) is 4.51. The minimum atomic E-state index is -0.235. The lowest BCUT2D eigenvalue weighted by Crippen LogP contribution is -2.49. The summed E-state index contributed by atoms with van der Waals surface area (Å²) in [6.07, 6.45) is 0. The van der Waals surface area contributed by atoms with E-state index >= 15 is 0 Å². The first-order chi connectivity index (χ1) is 12.1. The van der Waals surface area contributed by atoms with Crippen molar-refractivity contribution >= 4 is 23.4 Å². The Labute approximate surface area is 150 Å². The van der Waals surface area contributed by atoms with Crippen molar-refractivity contribution in [2.45, 2.75) is 5.75 Å². The van der Waals surface area contributed by atoms with Crippen molar-refractivity contribution < 1.29 is 13.6 Å². The number of hydrogen-bond donors (Lipinski definition) is 0. The quantitative estimate of drug-likeness (QED) is 0.813. The van der Waals surface area contributed by atoms with Gasteiger partial charge in [0.25, 0.3) is 0 Å². The average molecular weight is 362 g/mol. The Hall–Kier alpha value is -2.08. The molecular weight excluding hydrogens is 342 g/mol. The zero-order chi connectivity index (χ0) is 17.6. The minimum Gasteiger partial charge on any atom is -0.366 e. The molecule has 0 N–H and O–H groups in total. The van der Waals surface area contributed by atoms with E-state index in [0.717, 1.165) is 0 Å². The molecule has 1 aliphatic rings. The van der Waals surface area contributed by atoms with Crippen LogP contribution in [0.5, 0.6) is 0 Å². The van der Waals surface area contributed by atoms with Gasteiger partial charge in [-0.05, 0) is 23.8 Å². The minimum absolute atomic E-state index is 0.0505. The maximum atomic E-state index is 13.8. The molecule has 1 fully saturated rings. The highest BCUT2D eigenvalue weighted by molar-refractivity contribution is 7.99. The summed E-state index contributed by atoms with van der Waals surface area (Å²) in [4.78, 5) is 16.1. The molecular formula is C19H20F2N2OS. The summed E-state index contributed by atoms with van der Waals surface area (Å²) in [6, 6.07) is 13.3. The van der Waals surface area contributed by atoms with E-state index in [1.54, 1.807) is 35.2 Å². The fourth-order valence-corrected chi connectivity index (χ4v) is 3.77. The van der Waals surface area contributed by atoms with Crippen molar-refractivity contribution in [3.63, 3.8) is 0 Å². The molecule has 1 saturated heterocycles. The van der Waals surface area contributed by atoms with E-state index in [4.69, 9.17) is 0 Å².